The van der Waals surface area contributed by atoms with Crippen molar-refractivity contribution in [1.82, 2.24) is 15.2 Å². The van der Waals surface area contributed by atoms with Gasteiger partial charge >= 0.3 is 0 Å². The number of hydrogen-bond donors (Lipinski definition) is 2. The predicted molar refractivity (Wildman–Crippen MR) is 139 cm³/mol. The van der Waals surface area contributed by atoms with Crippen LogP contribution in [0.3, 0.4) is 0 Å². The molecule has 2 aromatic carbocycles. The summed E-state index contributed by atoms with van der Waals surface area (Å²) in [5.41, 5.74) is 1.62. The molecule has 0 spiro atoms. The second-order valence-electron chi connectivity index (χ2n) is 9.96. The Balaban J connectivity index is 1.28. The Morgan fingerprint density at radius 1 is 1.11 bits per heavy atom. The molecule has 0 unspecified atom stereocenters. The van der Waals surface area contributed by atoms with E-state index in [4.69, 9.17) is 4.74 Å². The third kappa shape index (κ3) is 5.57. The lowest BCUT2D eigenvalue weighted by Crippen LogP contribution is -2.54. The average Bonchev–Trinajstić information content (AvgIpc) is 3.01. The number of ether oxygens (including phenoxy) is 1. The topological polar surface area (TPSA) is 83.6 Å². The first kappa shape index (κ1) is 24.0. The van der Waals surface area contributed by atoms with Crippen molar-refractivity contribution in [3.63, 3.8) is 0 Å². The number of likely N-dealkylation sites (tertiary alicyclic amines) is 1. The van der Waals surface area contributed by atoms with E-state index < -0.39 is 0 Å². The van der Waals surface area contributed by atoms with Crippen LogP contribution >= 0.6 is 0 Å². The van der Waals surface area contributed by atoms with Crippen LogP contribution in [0.5, 0.6) is 11.5 Å². The van der Waals surface area contributed by atoms with Crippen LogP contribution in [0.1, 0.15) is 38.2 Å². The summed E-state index contributed by atoms with van der Waals surface area (Å²) >= 11 is 0. The summed E-state index contributed by atoms with van der Waals surface area (Å²) in [7, 11) is 0. The largest absolute Gasteiger partial charge is 0.456 e. The lowest BCUT2D eigenvalue weighted by atomic mass is 9.89. The molecule has 3 atom stereocenters. The summed E-state index contributed by atoms with van der Waals surface area (Å²) in [6.45, 7) is 2.42. The van der Waals surface area contributed by atoms with Gasteiger partial charge in [0.2, 0.25) is 11.8 Å². The van der Waals surface area contributed by atoms with Gasteiger partial charge in [0.15, 0.2) is 0 Å². The number of anilines is 1. The Hall–Kier alpha value is -3.71. The highest BCUT2D eigenvalue weighted by Crippen LogP contribution is 2.39. The summed E-state index contributed by atoms with van der Waals surface area (Å²) in [4.78, 5) is 31.9. The maximum atomic E-state index is 13.2. The molecule has 36 heavy (non-hydrogen) atoms. The number of amides is 2. The minimum Gasteiger partial charge on any atom is -0.456 e. The van der Waals surface area contributed by atoms with Crippen LogP contribution in [0.2, 0.25) is 0 Å². The van der Waals surface area contributed by atoms with Crippen molar-refractivity contribution in [2.75, 3.05) is 11.9 Å². The van der Waals surface area contributed by atoms with Gasteiger partial charge in [-0.25, -0.2) is 0 Å². The van der Waals surface area contributed by atoms with Crippen LogP contribution in [0.25, 0.3) is 0 Å². The van der Waals surface area contributed by atoms with E-state index in [2.05, 4.69) is 39.6 Å². The molecule has 7 heteroatoms. The van der Waals surface area contributed by atoms with Gasteiger partial charge in [-0.15, -0.1) is 0 Å². The fraction of sp³-hybridized carbons (Fsp3) is 0.345. The van der Waals surface area contributed by atoms with E-state index in [9.17, 15) is 9.59 Å². The van der Waals surface area contributed by atoms with E-state index in [1.165, 1.54) is 5.56 Å². The first-order valence-electron chi connectivity index (χ1n) is 12.6. The van der Waals surface area contributed by atoms with Gasteiger partial charge in [-0.3, -0.25) is 19.5 Å². The molecule has 2 fully saturated rings. The van der Waals surface area contributed by atoms with Crippen LogP contribution in [0, 0.1) is 0 Å². The zero-order valence-electron chi connectivity index (χ0n) is 20.5. The summed E-state index contributed by atoms with van der Waals surface area (Å²) in [5, 5.41) is 6.32. The molecule has 2 aliphatic heterocycles. The van der Waals surface area contributed by atoms with Gasteiger partial charge in [-0.2, -0.15) is 0 Å². The highest BCUT2D eigenvalue weighted by molar-refractivity contribution is 5.92. The Labute approximate surface area is 211 Å². The molecule has 2 saturated heterocycles. The van der Waals surface area contributed by atoms with Gasteiger partial charge in [0.1, 0.15) is 11.5 Å². The molecule has 3 aromatic rings. The molecule has 7 nitrogen and oxygen atoms in total. The molecule has 0 aliphatic carbocycles. The minimum absolute atomic E-state index is 0.0613. The SMILES string of the molecule is C[C@]12C[C@@H](Cc3ccccc3)N(CC(=O)Nc3ccc(Oc4cccnc4)cc3)[C@H]1CCCC(=O)N2. The first-order chi connectivity index (χ1) is 17.5. The Kier molecular flexibility index (Phi) is 7.00. The third-order valence-corrected chi connectivity index (χ3v) is 7.22. The van der Waals surface area contributed by atoms with Crippen LogP contribution in [0.4, 0.5) is 5.69 Å². The number of benzene rings is 2. The average molecular weight is 485 g/mol. The standard InChI is InChI=1S/C29H32N4O3/c1-29-18-23(17-21-7-3-2-4-8-21)33(26(29)10-5-11-27(34)32-29)20-28(35)31-22-12-14-24(15-13-22)36-25-9-6-16-30-19-25/h2-4,6-9,12-16,19,23,26H,5,10-11,17-18,20H2,1H3,(H,31,35)(H,32,34)/t23-,26+,29+/m1/s1. The number of carbonyl (C=O) groups excluding carboxylic acids is 2. The van der Waals surface area contributed by atoms with Crippen molar-refractivity contribution >= 4 is 17.5 Å². The molecule has 0 saturated carbocycles. The molecule has 3 heterocycles. The first-order valence-corrected chi connectivity index (χ1v) is 12.6. The molecule has 0 bridgehead atoms. The fourth-order valence-electron chi connectivity index (χ4n) is 5.65. The number of aromatic nitrogens is 1. The molecule has 2 aliphatic rings. The molecular formula is C29H32N4O3. The number of fused-ring (bicyclic) bond motifs is 1. The summed E-state index contributed by atoms with van der Waals surface area (Å²) in [6, 6.07) is 21.6. The maximum absolute atomic E-state index is 13.2. The number of nitrogens with one attached hydrogen (secondary N) is 2. The van der Waals surface area contributed by atoms with Crippen molar-refractivity contribution in [2.45, 2.75) is 56.7 Å². The van der Waals surface area contributed by atoms with E-state index in [0.29, 0.717) is 23.6 Å². The predicted octanol–water partition coefficient (Wildman–Crippen LogP) is 4.56. The number of rotatable bonds is 7. The second-order valence-corrected chi connectivity index (χ2v) is 9.96. The van der Waals surface area contributed by atoms with Gasteiger partial charge in [-0.05, 0) is 74.6 Å². The normalized spacial score (nSPS) is 23.9. The Bertz CT molecular complexity index is 1190. The Morgan fingerprint density at radius 3 is 2.67 bits per heavy atom. The van der Waals surface area contributed by atoms with Gasteiger partial charge in [0.05, 0.1) is 18.3 Å². The molecule has 5 rings (SSSR count). The molecule has 2 amide bonds. The highest BCUT2D eigenvalue weighted by atomic mass is 16.5. The zero-order valence-corrected chi connectivity index (χ0v) is 20.5. The lowest BCUT2D eigenvalue weighted by molar-refractivity contribution is -0.122. The molecule has 186 valence electrons. The summed E-state index contributed by atoms with van der Waals surface area (Å²) < 4.78 is 5.79. The van der Waals surface area contributed by atoms with E-state index in [0.717, 1.165) is 25.7 Å². The minimum atomic E-state index is -0.335. The fourth-order valence-corrected chi connectivity index (χ4v) is 5.65. The van der Waals surface area contributed by atoms with Gasteiger partial charge < -0.3 is 15.4 Å². The monoisotopic (exact) mass is 484 g/mol. The van der Waals surface area contributed by atoms with E-state index >= 15 is 0 Å². The molecular weight excluding hydrogens is 452 g/mol. The maximum Gasteiger partial charge on any atom is 0.238 e. The van der Waals surface area contributed by atoms with Crippen molar-refractivity contribution in [3.05, 3.63) is 84.7 Å². The number of nitrogens with zero attached hydrogens (tertiary/aromatic N) is 2. The van der Waals surface area contributed by atoms with Crippen LogP contribution in [-0.4, -0.2) is 45.9 Å². The van der Waals surface area contributed by atoms with Gasteiger partial charge in [0, 0.05) is 30.4 Å². The molecule has 1 aromatic heterocycles. The van der Waals surface area contributed by atoms with Gasteiger partial charge in [0.25, 0.3) is 0 Å². The van der Waals surface area contributed by atoms with Crippen molar-refractivity contribution in [3.8, 4) is 11.5 Å². The van der Waals surface area contributed by atoms with Crippen molar-refractivity contribution < 1.29 is 14.3 Å². The van der Waals surface area contributed by atoms with Crippen LogP contribution in [0.15, 0.2) is 79.1 Å². The van der Waals surface area contributed by atoms with Crippen LogP contribution in [-0.2, 0) is 16.0 Å². The van der Waals surface area contributed by atoms with Gasteiger partial charge in [-0.1, -0.05) is 30.3 Å². The third-order valence-electron chi connectivity index (χ3n) is 7.22. The molecule has 0 radical (unpaired) electrons. The number of hydrogen-bond acceptors (Lipinski definition) is 5. The smallest absolute Gasteiger partial charge is 0.238 e. The van der Waals surface area contributed by atoms with Crippen molar-refractivity contribution in [1.29, 1.82) is 0 Å². The zero-order chi connectivity index (χ0) is 25.0. The Morgan fingerprint density at radius 2 is 1.92 bits per heavy atom. The number of pyridine rings is 1. The molecule has 2 N–H and O–H groups in total. The van der Waals surface area contributed by atoms with E-state index in [1.807, 2.05) is 54.6 Å². The second kappa shape index (κ2) is 10.5. The lowest BCUT2D eigenvalue weighted by Gasteiger charge is -2.34. The quantitative estimate of drug-likeness (QED) is 0.514. The number of carbonyl (C=O) groups is 2. The summed E-state index contributed by atoms with van der Waals surface area (Å²) in [6.07, 6.45) is 7.29. The summed E-state index contributed by atoms with van der Waals surface area (Å²) in [5.74, 6) is 1.38. The highest BCUT2D eigenvalue weighted by Gasteiger charge is 2.50. The van der Waals surface area contributed by atoms with E-state index in [1.54, 1.807) is 12.4 Å². The van der Waals surface area contributed by atoms with Crippen molar-refractivity contribution in [2.24, 2.45) is 0 Å². The van der Waals surface area contributed by atoms with Crippen LogP contribution < -0.4 is 15.4 Å². The van der Waals surface area contributed by atoms with E-state index in [-0.39, 0.29) is 36.0 Å².